The van der Waals surface area contributed by atoms with Crippen molar-refractivity contribution in [3.05, 3.63) is 24.4 Å². The Kier molecular flexibility index (Phi) is 2.62. The van der Waals surface area contributed by atoms with Crippen molar-refractivity contribution in [1.29, 1.82) is 0 Å². The second-order valence-corrected chi connectivity index (χ2v) is 3.30. The fourth-order valence-corrected chi connectivity index (χ4v) is 1.31. The van der Waals surface area contributed by atoms with Crippen molar-refractivity contribution in [1.82, 2.24) is 9.88 Å². The minimum atomic E-state index is 0.155. The van der Waals surface area contributed by atoms with Gasteiger partial charge in [0.1, 0.15) is 5.82 Å². The molecule has 0 saturated carbocycles. The minimum Gasteiger partial charge on any atom is -0.361 e. The standard InChI is InChI=1S/C10H13N3O/c14-10(13-6-3-7-13)8-12-9-4-1-2-5-11-9/h1-2,4-5H,3,6-8H2,(H,11,12). The zero-order chi connectivity index (χ0) is 9.80. The fraction of sp³-hybridized carbons (Fsp3) is 0.400. The number of hydrogen-bond donors (Lipinski definition) is 1. The molecule has 0 atom stereocenters. The second kappa shape index (κ2) is 4.09. The zero-order valence-electron chi connectivity index (χ0n) is 7.94. The van der Waals surface area contributed by atoms with Gasteiger partial charge in [0, 0.05) is 19.3 Å². The lowest BCUT2D eigenvalue weighted by Gasteiger charge is -2.30. The van der Waals surface area contributed by atoms with Gasteiger partial charge in [0.2, 0.25) is 5.91 Å². The number of likely N-dealkylation sites (tertiary alicyclic amines) is 1. The Morgan fingerprint density at radius 1 is 1.50 bits per heavy atom. The van der Waals surface area contributed by atoms with Crippen molar-refractivity contribution in [3.8, 4) is 0 Å². The Hall–Kier alpha value is -1.58. The predicted octanol–water partition coefficient (Wildman–Crippen LogP) is 0.726. The Labute approximate surface area is 82.9 Å². The zero-order valence-corrected chi connectivity index (χ0v) is 7.94. The van der Waals surface area contributed by atoms with E-state index in [9.17, 15) is 4.79 Å². The summed E-state index contributed by atoms with van der Waals surface area (Å²) in [5.41, 5.74) is 0. The summed E-state index contributed by atoms with van der Waals surface area (Å²) < 4.78 is 0. The molecule has 1 aromatic rings. The molecule has 2 rings (SSSR count). The first-order valence-electron chi connectivity index (χ1n) is 4.79. The summed E-state index contributed by atoms with van der Waals surface area (Å²) in [7, 11) is 0. The highest BCUT2D eigenvalue weighted by atomic mass is 16.2. The molecule has 4 heteroatoms. The van der Waals surface area contributed by atoms with Gasteiger partial charge in [-0.3, -0.25) is 4.79 Å². The number of carbonyl (C=O) groups is 1. The molecule has 0 unspecified atom stereocenters. The molecule has 0 aromatic carbocycles. The Morgan fingerprint density at radius 2 is 2.36 bits per heavy atom. The maximum atomic E-state index is 11.4. The van der Waals surface area contributed by atoms with E-state index < -0.39 is 0 Å². The van der Waals surface area contributed by atoms with E-state index >= 15 is 0 Å². The van der Waals surface area contributed by atoms with Crippen LogP contribution in [-0.4, -0.2) is 35.4 Å². The first kappa shape index (κ1) is 8.99. The molecule has 0 aliphatic carbocycles. The van der Waals surface area contributed by atoms with Gasteiger partial charge in [-0.15, -0.1) is 0 Å². The van der Waals surface area contributed by atoms with Crippen molar-refractivity contribution >= 4 is 11.7 Å². The van der Waals surface area contributed by atoms with Crippen LogP contribution in [0.3, 0.4) is 0 Å². The van der Waals surface area contributed by atoms with Crippen molar-refractivity contribution in [2.45, 2.75) is 6.42 Å². The summed E-state index contributed by atoms with van der Waals surface area (Å²) in [5, 5.41) is 2.99. The molecule has 1 amide bonds. The van der Waals surface area contributed by atoms with Crippen molar-refractivity contribution in [3.63, 3.8) is 0 Å². The molecule has 1 saturated heterocycles. The van der Waals surface area contributed by atoms with Crippen LogP contribution in [0.15, 0.2) is 24.4 Å². The van der Waals surface area contributed by atoms with E-state index in [1.54, 1.807) is 6.20 Å². The van der Waals surface area contributed by atoms with E-state index in [-0.39, 0.29) is 5.91 Å². The van der Waals surface area contributed by atoms with Crippen LogP contribution in [0.2, 0.25) is 0 Å². The number of nitrogens with zero attached hydrogens (tertiary/aromatic N) is 2. The molecular formula is C10H13N3O. The van der Waals surface area contributed by atoms with Crippen LogP contribution in [0.25, 0.3) is 0 Å². The van der Waals surface area contributed by atoms with E-state index in [4.69, 9.17) is 0 Å². The van der Waals surface area contributed by atoms with Crippen LogP contribution < -0.4 is 5.32 Å². The van der Waals surface area contributed by atoms with Gasteiger partial charge in [-0.1, -0.05) is 6.07 Å². The molecule has 4 nitrogen and oxygen atoms in total. The van der Waals surface area contributed by atoms with Gasteiger partial charge < -0.3 is 10.2 Å². The molecule has 0 spiro atoms. The van der Waals surface area contributed by atoms with Gasteiger partial charge in [-0.05, 0) is 18.6 Å². The quantitative estimate of drug-likeness (QED) is 0.766. The second-order valence-electron chi connectivity index (χ2n) is 3.30. The molecule has 1 aliphatic heterocycles. The molecule has 14 heavy (non-hydrogen) atoms. The highest BCUT2D eigenvalue weighted by molar-refractivity contribution is 5.81. The molecule has 1 aliphatic rings. The summed E-state index contributed by atoms with van der Waals surface area (Å²) in [4.78, 5) is 17.3. The van der Waals surface area contributed by atoms with Crippen molar-refractivity contribution in [2.75, 3.05) is 25.0 Å². The average molecular weight is 191 g/mol. The molecule has 0 bridgehead atoms. The van der Waals surface area contributed by atoms with Gasteiger partial charge in [0.15, 0.2) is 0 Å². The van der Waals surface area contributed by atoms with Crippen LogP contribution in [0.1, 0.15) is 6.42 Å². The van der Waals surface area contributed by atoms with E-state index in [0.717, 1.165) is 25.3 Å². The Morgan fingerprint density at radius 3 is 2.93 bits per heavy atom. The average Bonchev–Trinajstić information content (AvgIpc) is 2.14. The van der Waals surface area contributed by atoms with E-state index in [1.807, 2.05) is 23.1 Å². The van der Waals surface area contributed by atoms with Gasteiger partial charge in [0.25, 0.3) is 0 Å². The summed E-state index contributed by atoms with van der Waals surface area (Å²) in [6.07, 6.45) is 2.84. The summed E-state index contributed by atoms with van der Waals surface area (Å²) >= 11 is 0. The summed E-state index contributed by atoms with van der Waals surface area (Å²) in [6.45, 7) is 2.16. The summed E-state index contributed by atoms with van der Waals surface area (Å²) in [5.74, 6) is 0.906. The number of pyridine rings is 1. The number of aromatic nitrogens is 1. The third kappa shape index (κ3) is 2.02. The summed E-state index contributed by atoms with van der Waals surface area (Å²) in [6, 6.07) is 5.59. The van der Waals surface area contributed by atoms with Gasteiger partial charge >= 0.3 is 0 Å². The molecule has 0 radical (unpaired) electrons. The van der Waals surface area contributed by atoms with Crippen molar-refractivity contribution in [2.24, 2.45) is 0 Å². The van der Waals surface area contributed by atoms with E-state index in [0.29, 0.717) is 6.54 Å². The normalized spacial score (nSPS) is 14.7. The lowest BCUT2D eigenvalue weighted by Crippen LogP contribution is -2.44. The first-order chi connectivity index (χ1) is 6.86. The number of carbonyl (C=O) groups excluding carboxylic acids is 1. The fourth-order valence-electron chi connectivity index (χ4n) is 1.31. The third-order valence-corrected chi connectivity index (χ3v) is 2.29. The SMILES string of the molecule is O=C(CNc1ccccn1)N1CCC1. The Bertz CT molecular complexity index is 308. The smallest absolute Gasteiger partial charge is 0.241 e. The minimum absolute atomic E-state index is 0.155. The van der Waals surface area contributed by atoms with Gasteiger partial charge in [-0.2, -0.15) is 0 Å². The van der Waals surface area contributed by atoms with Gasteiger partial charge in [-0.25, -0.2) is 4.98 Å². The van der Waals surface area contributed by atoms with Crippen LogP contribution >= 0.6 is 0 Å². The van der Waals surface area contributed by atoms with Crippen LogP contribution in [-0.2, 0) is 4.79 Å². The molecular weight excluding hydrogens is 178 g/mol. The maximum Gasteiger partial charge on any atom is 0.241 e. The topological polar surface area (TPSA) is 45.2 Å². The van der Waals surface area contributed by atoms with Crippen LogP contribution in [0.4, 0.5) is 5.82 Å². The molecule has 1 N–H and O–H groups in total. The molecule has 1 fully saturated rings. The predicted molar refractivity (Wildman–Crippen MR) is 53.9 cm³/mol. The number of hydrogen-bond acceptors (Lipinski definition) is 3. The van der Waals surface area contributed by atoms with E-state index in [2.05, 4.69) is 10.3 Å². The molecule has 1 aromatic heterocycles. The number of nitrogens with one attached hydrogen (secondary N) is 1. The lowest BCUT2D eigenvalue weighted by molar-refractivity contribution is -0.132. The molecule has 74 valence electrons. The van der Waals surface area contributed by atoms with Gasteiger partial charge in [0.05, 0.1) is 6.54 Å². The largest absolute Gasteiger partial charge is 0.361 e. The number of amides is 1. The highest BCUT2D eigenvalue weighted by Gasteiger charge is 2.19. The number of anilines is 1. The van der Waals surface area contributed by atoms with Crippen molar-refractivity contribution < 1.29 is 4.79 Å². The lowest BCUT2D eigenvalue weighted by atomic mass is 10.2. The highest BCUT2D eigenvalue weighted by Crippen LogP contribution is 2.06. The monoisotopic (exact) mass is 191 g/mol. The number of rotatable bonds is 3. The first-order valence-corrected chi connectivity index (χ1v) is 4.79. The maximum absolute atomic E-state index is 11.4. The third-order valence-electron chi connectivity index (χ3n) is 2.29. The Balaban J connectivity index is 1.79. The molecule has 2 heterocycles. The van der Waals surface area contributed by atoms with Crippen LogP contribution in [0, 0.1) is 0 Å². The van der Waals surface area contributed by atoms with Crippen LogP contribution in [0.5, 0.6) is 0 Å². The van der Waals surface area contributed by atoms with E-state index in [1.165, 1.54) is 0 Å².